The van der Waals surface area contributed by atoms with Crippen molar-refractivity contribution in [3.8, 4) is 0 Å². The molecule has 1 aromatic carbocycles. The first-order chi connectivity index (χ1) is 9.24. The standard InChI is InChI=1S/C15H19N3O/c1-11-10-18(7-2-8-19-11)15-5-6-17-14-9-12(16)3-4-13(14)15/h3-6,9,11H,2,7-8,10,16H2,1H3. The fourth-order valence-corrected chi connectivity index (χ4v) is 2.64. The molecule has 1 fully saturated rings. The molecule has 2 N–H and O–H groups in total. The lowest BCUT2D eigenvalue weighted by Gasteiger charge is -2.25. The van der Waals surface area contributed by atoms with Crippen molar-refractivity contribution in [2.24, 2.45) is 0 Å². The van der Waals surface area contributed by atoms with Crippen LogP contribution in [0.25, 0.3) is 10.9 Å². The molecule has 0 spiro atoms. The Morgan fingerprint density at radius 2 is 2.26 bits per heavy atom. The highest BCUT2D eigenvalue weighted by Gasteiger charge is 2.17. The monoisotopic (exact) mass is 257 g/mol. The Balaban J connectivity index is 2.03. The minimum absolute atomic E-state index is 0.263. The minimum atomic E-state index is 0.263. The van der Waals surface area contributed by atoms with Crippen LogP contribution in [0.4, 0.5) is 11.4 Å². The van der Waals surface area contributed by atoms with E-state index in [-0.39, 0.29) is 6.10 Å². The van der Waals surface area contributed by atoms with Crippen molar-refractivity contribution < 1.29 is 4.74 Å². The van der Waals surface area contributed by atoms with Crippen LogP contribution in [0.15, 0.2) is 30.5 Å². The minimum Gasteiger partial charge on any atom is -0.399 e. The highest BCUT2D eigenvalue weighted by Crippen LogP contribution is 2.27. The van der Waals surface area contributed by atoms with E-state index in [9.17, 15) is 0 Å². The molecule has 4 nitrogen and oxygen atoms in total. The van der Waals surface area contributed by atoms with Gasteiger partial charge in [0.25, 0.3) is 0 Å². The number of anilines is 2. The largest absolute Gasteiger partial charge is 0.399 e. The molecular formula is C15H19N3O. The summed E-state index contributed by atoms with van der Waals surface area (Å²) in [4.78, 5) is 6.79. The molecule has 0 bridgehead atoms. The molecule has 3 rings (SSSR count). The van der Waals surface area contributed by atoms with Gasteiger partial charge in [0, 0.05) is 42.7 Å². The Labute approximate surface area is 113 Å². The highest BCUT2D eigenvalue weighted by molar-refractivity contribution is 5.93. The summed E-state index contributed by atoms with van der Waals surface area (Å²) >= 11 is 0. The van der Waals surface area contributed by atoms with E-state index >= 15 is 0 Å². The quantitative estimate of drug-likeness (QED) is 0.797. The molecule has 4 heteroatoms. The molecule has 1 aliphatic heterocycles. The van der Waals surface area contributed by atoms with Crippen LogP contribution in [-0.4, -0.2) is 30.8 Å². The van der Waals surface area contributed by atoms with Crippen molar-refractivity contribution >= 4 is 22.3 Å². The molecule has 1 atom stereocenters. The van der Waals surface area contributed by atoms with E-state index in [0.29, 0.717) is 0 Å². The molecule has 2 aromatic rings. The summed E-state index contributed by atoms with van der Waals surface area (Å²) in [5.74, 6) is 0. The van der Waals surface area contributed by atoms with Gasteiger partial charge in [0.1, 0.15) is 0 Å². The number of hydrogen-bond acceptors (Lipinski definition) is 4. The first kappa shape index (κ1) is 12.2. The predicted octanol–water partition coefficient (Wildman–Crippen LogP) is 2.43. The Morgan fingerprint density at radius 1 is 1.37 bits per heavy atom. The van der Waals surface area contributed by atoms with Gasteiger partial charge in [-0.15, -0.1) is 0 Å². The smallest absolute Gasteiger partial charge is 0.0743 e. The molecule has 0 amide bonds. The average molecular weight is 257 g/mol. The molecule has 0 radical (unpaired) electrons. The van der Waals surface area contributed by atoms with Crippen molar-refractivity contribution in [3.05, 3.63) is 30.5 Å². The fraction of sp³-hybridized carbons (Fsp3) is 0.400. The molecular weight excluding hydrogens is 238 g/mol. The third-order valence-electron chi connectivity index (χ3n) is 3.54. The van der Waals surface area contributed by atoms with Crippen molar-refractivity contribution in [3.63, 3.8) is 0 Å². The third-order valence-corrected chi connectivity index (χ3v) is 3.54. The number of nitrogens with two attached hydrogens (primary N) is 1. The second-order valence-corrected chi connectivity index (χ2v) is 5.09. The summed E-state index contributed by atoms with van der Waals surface area (Å²) in [6.45, 7) is 4.91. The first-order valence-electron chi connectivity index (χ1n) is 6.75. The van der Waals surface area contributed by atoms with Crippen LogP contribution in [0.2, 0.25) is 0 Å². The SMILES string of the molecule is CC1CN(c2ccnc3cc(N)ccc23)CCCO1. The van der Waals surface area contributed by atoms with Gasteiger partial charge in [-0.3, -0.25) is 4.98 Å². The van der Waals surface area contributed by atoms with Crippen molar-refractivity contribution in [1.29, 1.82) is 0 Å². The van der Waals surface area contributed by atoms with Gasteiger partial charge in [-0.05, 0) is 37.6 Å². The average Bonchev–Trinajstić information content (AvgIpc) is 2.62. The van der Waals surface area contributed by atoms with Gasteiger partial charge in [-0.1, -0.05) is 0 Å². The van der Waals surface area contributed by atoms with Gasteiger partial charge < -0.3 is 15.4 Å². The zero-order valence-corrected chi connectivity index (χ0v) is 11.2. The fourth-order valence-electron chi connectivity index (χ4n) is 2.64. The van der Waals surface area contributed by atoms with Crippen LogP contribution >= 0.6 is 0 Å². The molecule has 1 aliphatic rings. The van der Waals surface area contributed by atoms with E-state index in [4.69, 9.17) is 10.5 Å². The summed E-state index contributed by atoms with van der Waals surface area (Å²) < 4.78 is 5.71. The van der Waals surface area contributed by atoms with E-state index in [2.05, 4.69) is 28.9 Å². The van der Waals surface area contributed by atoms with Crippen LogP contribution in [0.3, 0.4) is 0 Å². The molecule has 0 saturated carbocycles. The number of aromatic nitrogens is 1. The molecule has 100 valence electrons. The molecule has 1 aromatic heterocycles. The lowest BCUT2D eigenvalue weighted by molar-refractivity contribution is 0.0821. The van der Waals surface area contributed by atoms with Gasteiger partial charge in [0.15, 0.2) is 0 Å². The first-order valence-corrected chi connectivity index (χ1v) is 6.75. The van der Waals surface area contributed by atoms with Gasteiger partial charge in [-0.25, -0.2) is 0 Å². The van der Waals surface area contributed by atoms with Gasteiger partial charge in [0.05, 0.1) is 11.6 Å². The summed E-state index contributed by atoms with van der Waals surface area (Å²) in [5, 5.41) is 1.16. The Morgan fingerprint density at radius 3 is 3.16 bits per heavy atom. The number of hydrogen-bond donors (Lipinski definition) is 1. The number of ether oxygens (including phenoxy) is 1. The van der Waals surface area contributed by atoms with Crippen LogP contribution in [-0.2, 0) is 4.74 Å². The van der Waals surface area contributed by atoms with Gasteiger partial charge in [-0.2, -0.15) is 0 Å². The molecule has 19 heavy (non-hydrogen) atoms. The number of nitrogens with zero attached hydrogens (tertiary/aromatic N) is 2. The van der Waals surface area contributed by atoms with E-state index in [1.54, 1.807) is 0 Å². The van der Waals surface area contributed by atoms with Gasteiger partial charge in [0.2, 0.25) is 0 Å². The second kappa shape index (κ2) is 5.05. The number of rotatable bonds is 1. The van der Waals surface area contributed by atoms with E-state index in [1.807, 2.05) is 18.3 Å². The lowest BCUT2D eigenvalue weighted by Crippen LogP contribution is -2.30. The number of nitrogen functional groups attached to an aromatic ring is 1. The van der Waals surface area contributed by atoms with Crippen molar-refractivity contribution in [2.45, 2.75) is 19.4 Å². The third kappa shape index (κ3) is 2.49. The maximum absolute atomic E-state index is 5.83. The van der Waals surface area contributed by atoms with Gasteiger partial charge >= 0.3 is 0 Å². The predicted molar refractivity (Wildman–Crippen MR) is 78.4 cm³/mol. The van der Waals surface area contributed by atoms with Crippen LogP contribution in [0.5, 0.6) is 0 Å². The van der Waals surface area contributed by atoms with Crippen molar-refractivity contribution in [2.75, 3.05) is 30.3 Å². The van der Waals surface area contributed by atoms with Crippen LogP contribution < -0.4 is 10.6 Å². The topological polar surface area (TPSA) is 51.4 Å². The van der Waals surface area contributed by atoms with E-state index < -0.39 is 0 Å². The lowest BCUT2D eigenvalue weighted by atomic mass is 10.1. The molecule has 0 aliphatic carbocycles. The Hall–Kier alpha value is -1.81. The zero-order chi connectivity index (χ0) is 13.2. The normalized spacial score (nSPS) is 20.5. The maximum Gasteiger partial charge on any atom is 0.0743 e. The maximum atomic E-state index is 5.83. The Bertz CT molecular complexity index is 585. The highest BCUT2D eigenvalue weighted by atomic mass is 16.5. The summed E-state index contributed by atoms with van der Waals surface area (Å²) in [5.41, 5.74) is 8.76. The summed E-state index contributed by atoms with van der Waals surface area (Å²) in [6, 6.07) is 8.00. The van der Waals surface area contributed by atoms with E-state index in [0.717, 1.165) is 42.7 Å². The molecule has 1 unspecified atom stereocenters. The molecule has 1 saturated heterocycles. The molecule has 2 heterocycles. The second-order valence-electron chi connectivity index (χ2n) is 5.09. The number of fused-ring (bicyclic) bond motifs is 1. The summed E-state index contributed by atoms with van der Waals surface area (Å²) in [7, 11) is 0. The number of pyridine rings is 1. The van der Waals surface area contributed by atoms with Crippen molar-refractivity contribution in [1.82, 2.24) is 4.98 Å². The van der Waals surface area contributed by atoms with Crippen LogP contribution in [0, 0.1) is 0 Å². The number of benzene rings is 1. The Kier molecular flexibility index (Phi) is 3.25. The van der Waals surface area contributed by atoms with E-state index in [1.165, 1.54) is 5.69 Å². The van der Waals surface area contributed by atoms with Crippen LogP contribution in [0.1, 0.15) is 13.3 Å². The zero-order valence-electron chi connectivity index (χ0n) is 11.2. The summed E-state index contributed by atoms with van der Waals surface area (Å²) in [6.07, 6.45) is 3.18.